The monoisotopic (exact) mass is 269 g/mol. The number of carbonyl (C=O) groups excluding carboxylic acids is 1. The molecule has 0 aliphatic heterocycles. The van der Waals surface area contributed by atoms with Gasteiger partial charge in [-0.15, -0.1) is 0 Å². The van der Waals surface area contributed by atoms with E-state index in [1.165, 1.54) is 12.8 Å². The standard InChI is InChI=1S/C15H27NO3/c1-3-5-10-19-13-8-9-15(11-13,14(17)18-4-2)16-12-6-7-12/h12-13,16H,3-11H2,1-2H3. The van der Waals surface area contributed by atoms with Crippen LogP contribution in [0.25, 0.3) is 0 Å². The van der Waals surface area contributed by atoms with E-state index in [-0.39, 0.29) is 12.1 Å². The molecule has 4 nitrogen and oxygen atoms in total. The number of unbranched alkanes of at least 4 members (excludes halogenated alkanes) is 1. The largest absolute Gasteiger partial charge is 0.465 e. The van der Waals surface area contributed by atoms with E-state index in [2.05, 4.69) is 12.2 Å². The summed E-state index contributed by atoms with van der Waals surface area (Å²) in [5, 5.41) is 3.52. The summed E-state index contributed by atoms with van der Waals surface area (Å²) in [5.74, 6) is -0.0801. The molecule has 0 heterocycles. The highest BCUT2D eigenvalue weighted by atomic mass is 16.5. The molecule has 0 radical (unpaired) electrons. The topological polar surface area (TPSA) is 47.6 Å². The van der Waals surface area contributed by atoms with E-state index in [0.29, 0.717) is 12.6 Å². The van der Waals surface area contributed by atoms with Crippen LogP contribution in [0.15, 0.2) is 0 Å². The van der Waals surface area contributed by atoms with E-state index >= 15 is 0 Å². The summed E-state index contributed by atoms with van der Waals surface area (Å²) in [5.41, 5.74) is -0.478. The molecule has 0 bridgehead atoms. The van der Waals surface area contributed by atoms with Crippen molar-refractivity contribution in [2.45, 2.75) is 76.5 Å². The molecular weight excluding hydrogens is 242 g/mol. The van der Waals surface area contributed by atoms with Gasteiger partial charge in [-0.2, -0.15) is 0 Å². The summed E-state index contributed by atoms with van der Waals surface area (Å²) in [6.07, 6.45) is 7.40. The number of esters is 1. The highest BCUT2D eigenvalue weighted by molar-refractivity contribution is 5.81. The Kier molecular flexibility index (Phi) is 5.22. The maximum atomic E-state index is 12.3. The Morgan fingerprint density at radius 3 is 2.74 bits per heavy atom. The van der Waals surface area contributed by atoms with Gasteiger partial charge in [-0.1, -0.05) is 13.3 Å². The Hall–Kier alpha value is -0.610. The summed E-state index contributed by atoms with van der Waals surface area (Å²) in [4.78, 5) is 12.3. The number of carbonyl (C=O) groups is 1. The van der Waals surface area contributed by atoms with E-state index in [1.807, 2.05) is 6.92 Å². The van der Waals surface area contributed by atoms with Crippen LogP contribution >= 0.6 is 0 Å². The fraction of sp³-hybridized carbons (Fsp3) is 0.933. The van der Waals surface area contributed by atoms with Gasteiger partial charge in [0, 0.05) is 19.1 Å². The van der Waals surface area contributed by atoms with Gasteiger partial charge in [0.05, 0.1) is 12.7 Å². The van der Waals surface area contributed by atoms with Crippen LogP contribution in [0.1, 0.15) is 58.8 Å². The van der Waals surface area contributed by atoms with Crippen molar-refractivity contribution in [3.05, 3.63) is 0 Å². The van der Waals surface area contributed by atoms with Crippen LogP contribution in [0.3, 0.4) is 0 Å². The van der Waals surface area contributed by atoms with E-state index < -0.39 is 5.54 Å². The average molecular weight is 269 g/mol. The first-order valence-corrected chi connectivity index (χ1v) is 7.76. The van der Waals surface area contributed by atoms with E-state index in [0.717, 1.165) is 38.7 Å². The van der Waals surface area contributed by atoms with Crippen molar-refractivity contribution >= 4 is 5.97 Å². The lowest BCUT2D eigenvalue weighted by molar-refractivity contribution is -0.151. The van der Waals surface area contributed by atoms with Crippen molar-refractivity contribution in [3.63, 3.8) is 0 Å². The van der Waals surface area contributed by atoms with Crippen LogP contribution in [-0.4, -0.2) is 36.9 Å². The smallest absolute Gasteiger partial charge is 0.326 e. The van der Waals surface area contributed by atoms with Gasteiger partial charge >= 0.3 is 5.97 Å². The van der Waals surface area contributed by atoms with Crippen LogP contribution in [0, 0.1) is 0 Å². The summed E-state index contributed by atoms with van der Waals surface area (Å²) in [6, 6.07) is 0.513. The molecule has 2 atom stereocenters. The molecule has 19 heavy (non-hydrogen) atoms. The Labute approximate surface area is 116 Å². The van der Waals surface area contributed by atoms with E-state index in [9.17, 15) is 4.79 Å². The number of nitrogens with one attached hydrogen (secondary N) is 1. The highest BCUT2D eigenvalue weighted by Gasteiger charge is 2.49. The van der Waals surface area contributed by atoms with Gasteiger partial charge in [0.1, 0.15) is 5.54 Å². The predicted molar refractivity (Wildman–Crippen MR) is 74.0 cm³/mol. The molecule has 0 aromatic heterocycles. The van der Waals surface area contributed by atoms with Crippen molar-refractivity contribution in [1.82, 2.24) is 5.32 Å². The van der Waals surface area contributed by atoms with Gasteiger partial charge in [0.15, 0.2) is 0 Å². The van der Waals surface area contributed by atoms with Gasteiger partial charge in [-0.05, 0) is 39.0 Å². The molecule has 0 spiro atoms. The molecule has 110 valence electrons. The maximum Gasteiger partial charge on any atom is 0.326 e. The van der Waals surface area contributed by atoms with Crippen LogP contribution in [0.2, 0.25) is 0 Å². The minimum Gasteiger partial charge on any atom is -0.465 e. The van der Waals surface area contributed by atoms with E-state index in [1.54, 1.807) is 0 Å². The third-order valence-electron chi connectivity index (χ3n) is 4.04. The fourth-order valence-electron chi connectivity index (χ4n) is 2.80. The number of rotatable bonds is 8. The van der Waals surface area contributed by atoms with Gasteiger partial charge in [0.25, 0.3) is 0 Å². The van der Waals surface area contributed by atoms with Crippen molar-refractivity contribution in [1.29, 1.82) is 0 Å². The Morgan fingerprint density at radius 2 is 2.11 bits per heavy atom. The van der Waals surface area contributed by atoms with Crippen LogP contribution in [0.4, 0.5) is 0 Å². The molecule has 4 heteroatoms. The van der Waals surface area contributed by atoms with Crippen molar-refractivity contribution in [3.8, 4) is 0 Å². The molecule has 2 saturated carbocycles. The average Bonchev–Trinajstić information content (AvgIpc) is 3.10. The highest BCUT2D eigenvalue weighted by Crippen LogP contribution is 2.36. The first kappa shape index (κ1) is 14.8. The Balaban J connectivity index is 1.89. The Bertz CT molecular complexity index is 304. The molecule has 1 N–H and O–H groups in total. The molecule has 2 fully saturated rings. The third kappa shape index (κ3) is 3.93. The lowest BCUT2D eigenvalue weighted by Crippen LogP contribution is -2.52. The van der Waals surface area contributed by atoms with Gasteiger partial charge in [-0.25, -0.2) is 0 Å². The molecule has 2 unspecified atom stereocenters. The molecule has 0 aromatic carbocycles. The molecule has 0 saturated heterocycles. The summed E-state index contributed by atoms with van der Waals surface area (Å²) < 4.78 is 11.2. The quantitative estimate of drug-likeness (QED) is 0.543. The number of hydrogen-bond donors (Lipinski definition) is 1. The normalized spacial score (nSPS) is 30.5. The maximum absolute atomic E-state index is 12.3. The lowest BCUT2D eigenvalue weighted by Gasteiger charge is -2.28. The second-order valence-electron chi connectivity index (χ2n) is 5.81. The lowest BCUT2D eigenvalue weighted by atomic mass is 9.97. The van der Waals surface area contributed by atoms with Crippen LogP contribution in [0.5, 0.6) is 0 Å². The fourth-order valence-corrected chi connectivity index (χ4v) is 2.80. The summed E-state index contributed by atoms with van der Waals surface area (Å²) in [6.45, 7) is 5.29. The zero-order chi connectivity index (χ0) is 13.7. The Morgan fingerprint density at radius 1 is 1.32 bits per heavy atom. The summed E-state index contributed by atoms with van der Waals surface area (Å²) in [7, 11) is 0. The van der Waals surface area contributed by atoms with Gasteiger partial charge in [-0.3, -0.25) is 10.1 Å². The van der Waals surface area contributed by atoms with Crippen molar-refractivity contribution < 1.29 is 14.3 Å². The SMILES string of the molecule is CCCCOC1CCC(NC2CC2)(C(=O)OCC)C1. The molecule has 0 amide bonds. The zero-order valence-electron chi connectivity index (χ0n) is 12.2. The van der Waals surface area contributed by atoms with Gasteiger partial charge < -0.3 is 9.47 Å². The zero-order valence-corrected chi connectivity index (χ0v) is 12.2. The molecule has 2 aliphatic rings. The van der Waals surface area contributed by atoms with Crippen molar-refractivity contribution in [2.75, 3.05) is 13.2 Å². The molecule has 0 aromatic rings. The minimum atomic E-state index is -0.478. The summed E-state index contributed by atoms with van der Waals surface area (Å²) >= 11 is 0. The second-order valence-corrected chi connectivity index (χ2v) is 5.81. The number of hydrogen-bond acceptors (Lipinski definition) is 4. The molecule has 2 aliphatic carbocycles. The minimum absolute atomic E-state index is 0.0801. The van der Waals surface area contributed by atoms with E-state index in [4.69, 9.17) is 9.47 Å². The van der Waals surface area contributed by atoms with Crippen molar-refractivity contribution in [2.24, 2.45) is 0 Å². The first-order chi connectivity index (χ1) is 9.20. The third-order valence-corrected chi connectivity index (χ3v) is 4.04. The first-order valence-electron chi connectivity index (χ1n) is 7.76. The predicted octanol–water partition coefficient (Wildman–Crippen LogP) is 2.41. The van der Waals surface area contributed by atoms with Gasteiger partial charge in [0.2, 0.25) is 0 Å². The molecule has 2 rings (SSSR count). The van der Waals surface area contributed by atoms with Crippen LogP contribution < -0.4 is 5.32 Å². The van der Waals surface area contributed by atoms with Crippen LogP contribution in [-0.2, 0) is 14.3 Å². The number of ether oxygens (including phenoxy) is 2. The second kappa shape index (κ2) is 6.71. The molecular formula is C15H27NO3.